The Labute approximate surface area is 66.5 Å². The summed E-state index contributed by atoms with van der Waals surface area (Å²) in [6.45, 7) is 5.56. The normalized spacial score (nSPS) is 9.55. The Morgan fingerprint density at radius 1 is 1.27 bits per heavy atom. The van der Waals surface area contributed by atoms with E-state index in [1.54, 1.807) is 6.08 Å². The molecular formula is C9H12N2. The van der Waals surface area contributed by atoms with Gasteiger partial charge in [0.05, 0.1) is 0 Å². The zero-order valence-corrected chi connectivity index (χ0v) is 6.59. The third-order valence-corrected chi connectivity index (χ3v) is 1.69. The van der Waals surface area contributed by atoms with Crippen molar-refractivity contribution in [3.05, 3.63) is 29.8 Å². The number of nitrogen functional groups attached to an aromatic ring is 2. The summed E-state index contributed by atoms with van der Waals surface area (Å²) in [5.41, 5.74) is 14.7. The quantitative estimate of drug-likeness (QED) is 0.597. The lowest BCUT2D eigenvalue weighted by molar-refractivity contribution is 1.46. The minimum Gasteiger partial charge on any atom is -0.398 e. The van der Waals surface area contributed by atoms with Gasteiger partial charge >= 0.3 is 0 Å². The van der Waals surface area contributed by atoms with Crippen LogP contribution in [-0.2, 0) is 0 Å². The van der Waals surface area contributed by atoms with E-state index in [1.165, 1.54) is 0 Å². The molecule has 0 aliphatic carbocycles. The maximum absolute atomic E-state index is 5.67. The summed E-state index contributed by atoms with van der Waals surface area (Å²) in [7, 11) is 0. The van der Waals surface area contributed by atoms with Gasteiger partial charge in [-0.25, -0.2) is 0 Å². The summed E-state index contributed by atoms with van der Waals surface area (Å²) in [5.74, 6) is 0. The van der Waals surface area contributed by atoms with E-state index in [4.69, 9.17) is 11.5 Å². The molecule has 0 bridgehead atoms. The van der Waals surface area contributed by atoms with Crippen LogP contribution in [0.1, 0.15) is 11.1 Å². The minimum absolute atomic E-state index is 0.728. The number of benzene rings is 1. The zero-order chi connectivity index (χ0) is 8.43. The average molecular weight is 148 g/mol. The number of nitrogens with two attached hydrogens (primary N) is 2. The smallest absolute Gasteiger partial charge is 0.0391 e. The van der Waals surface area contributed by atoms with Gasteiger partial charge in [-0.2, -0.15) is 0 Å². The van der Waals surface area contributed by atoms with E-state index < -0.39 is 0 Å². The van der Waals surface area contributed by atoms with E-state index in [2.05, 4.69) is 6.58 Å². The van der Waals surface area contributed by atoms with Crippen LogP contribution in [0.5, 0.6) is 0 Å². The summed E-state index contributed by atoms with van der Waals surface area (Å²) in [6.07, 6.45) is 1.70. The molecule has 0 heterocycles. The fourth-order valence-corrected chi connectivity index (χ4v) is 0.941. The molecule has 0 atom stereocenters. The number of hydrogen-bond donors (Lipinski definition) is 2. The van der Waals surface area contributed by atoms with Gasteiger partial charge in [0.15, 0.2) is 0 Å². The summed E-state index contributed by atoms with van der Waals surface area (Å²) < 4.78 is 0. The monoisotopic (exact) mass is 148 g/mol. The van der Waals surface area contributed by atoms with Gasteiger partial charge in [0.25, 0.3) is 0 Å². The molecule has 0 unspecified atom stereocenters. The zero-order valence-electron chi connectivity index (χ0n) is 6.59. The van der Waals surface area contributed by atoms with E-state index in [9.17, 15) is 0 Å². The van der Waals surface area contributed by atoms with Crippen molar-refractivity contribution in [1.82, 2.24) is 0 Å². The Kier molecular flexibility index (Phi) is 1.85. The molecule has 0 amide bonds. The van der Waals surface area contributed by atoms with Gasteiger partial charge in [0.2, 0.25) is 0 Å². The highest BCUT2D eigenvalue weighted by atomic mass is 14.6. The molecule has 1 aromatic carbocycles. The van der Waals surface area contributed by atoms with Crippen molar-refractivity contribution in [2.75, 3.05) is 11.5 Å². The van der Waals surface area contributed by atoms with Gasteiger partial charge in [0, 0.05) is 11.4 Å². The van der Waals surface area contributed by atoms with Gasteiger partial charge < -0.3 is 11.5 Å². The molecular weight excluding hydrogens is 136 g/mol. The molecule has 0 aromatic heterocycles. The molecule has 1 rings (SSSR count). The van der Waals surface area contributed by atoms with Gasteiger partial charge in [-0.05, 0) is 30.2 Å². The van der Waals surface area contributed by atoms with Crippen LogP contribution in [0.25, 0.3) is 6.08 Å². The molecule has 2 nitrogen and oxygen atoms in total. The van der Waals surface area contributed by atoms with Crippen LogP contribution >= 0.6 is 0 Å². The van der Waals surface area contributed by atoms with Gasteiger partial charge in [-0.15, -0.1) is 0 Å². The second-order valence-corrected chi connectivity index (χ2v) is 2.54. The van der Waals surface area contributed by atoms with E-state index in [0.717, 1.165) is 22.5 Å². The number of anilines is 2. The first kappa shape index (κ1) is 7.66. The van der Waals surface area contributed by atoms with E-state index in [1.807, 2.05) is 19.1 Å². The van der Waals surface area contributed by atoms with Gasteiger partial charge in [-0.3, -0.25) is 0 Å². The van der Waals surface area contributed by atoms with Crippen LogP contribution in [0, 0.1) is 6.92 Å². The van der Waals surface area contributed by atoms with Crippen LogP contribution in [-0.4, -0.2) is 0 Å². The molecule has 0 fully saturated rings. The van der Waals surface area contributed by atoms with Crippen molar-refractivity contribution in [3.63, 3.8) is 0 Å². The third-order valence-electron chi connectivity index (χ3n) is 1.69. The molecule has 0 saturated heterocycles. The number of aryl methyl sites for hydroxylation is 1. The first-order valence-corrected chi connectivity index (χ1v) is 3.43. The van der Waals surface area contributed by atoms with Crippen molar-refractivity contribution in [1.29, 1.82) is 0 Å². The summed E-state index contributed by atoms with van der Waals surface area (Å²) >= 11 is 0. The van der Waals surface area contributed by atoms with Gasteiger partial charge in [-0.1, -0.05) is 12.7 Å². The highest BCUT2D eigenvalue weighted by Gasteiger charge is 1.98. The molecule has 11 heavy (non-hydrogen) atoms. The Bertz CT molecular complexity index is 290. The fraction of sp³-hybridized carbons (Fsp3) is 0.111. The second kappa shape index (κ2) is 2.66. The highest BCUT2D eigenvalue weighted by Crippen LogP contribution is 2.20. The molecule has 58 valence electrons. The van der Waals surface area contributed by atoms with Crippen molar-refractivity contribution in [3.8, 4) is 0 Å². The lowest BCUT2D eigenvalue weighted by Gasteiger charge is -2.04. The average Bonchev–Trinajstić information content (AvgIpc) is 1.97. The van der Waals surface area contributed by atoms with E-state index in [0.29, 0.717) is 0 Å². The SMILES string of the molecule is C=Cc1cc(N)c(C)cc1N. The largest absolute Gasteiger partial charge is 0.398 e. The van der Waals surface area contributed by atoms with Gasteiger partial charge in [0.1, 0.15) is 0 Å². The molecule has 0 radical (unpaired) electrons. The predicted octanol–water partition coefficient (Wildman–Crippen LogP) is 1.80. The summed E-state index contributed by atoms with van der Waals surface area (Å²) in [4.78, 5) is 0. The molecule has 4 N–H and O–H groups in total. The summed E-state index contributed by atoms with van der Waals surface area (Å²) in [6, 6.07) is 3.68. The molecule has 0 aliphatic rings. The molecule has 0 aliphatic heterocycles. The fourth-order valence-electron chi connectivity index (χ4n) is 0.941. The van der Waals surface area contributed by atoms with Crippen molar-refractivity contribution < 1.29 is 0 Å². The number of hydrogen-bond acceptors (Lipinski definition) is 2. The highest BCUT2D eigenvalue weighted by molar-refractivity contribution is 5.69. The van der Waals surface area contributed by atoms with Crippen LogP contribution in [0.4, 0.5) is 11.4 Å². The van der Waals surface area contributed by atoms with Crippen LogP contribution < -0.4 is 11.5 Å². The minimum atomic E-state index is 0.728. The summed E-state index contributed by atoms with van der Waals surface area (Å²) in [5, 5.41) is 0. The molecule has 0 spiro atoms. The topological polar surface area (TPSA) is 52.0 Å². The van der Waals surface area contributed by atoms with Crippen molar-refractivity contribution >= 4 is 17.5 Å². The van der Waals surface area contributed by atoms with E-state index >= 15 is 0 Å². The Morgan fingerprint density at radius 2 is 1.91 bits per heavy atom. The first-order valence-electron chi connectivity index (χ1n) is 3.43. The van der Waals surface area contributed by atoms with Crippen molar-refractivity contribution in [2.24, 2.45) is 0 Å². The first-order chi connectivity index (χ1) is 5.15. The lowest BCUT2D eigenvalue weighted by atomic mass is 10.1. The van der Waals surface area contributed by atoms with Crippen LogP contribution in [0.2, 0.25) is 0 Å². The second-order valence-electron chi connectivity index (χ2n) is 2.54. The molecule has 2 heteroatoms. The third kappa shape index (κ3) is 1.34. The molecule has 0 saturated carbocycles. The van der Waals surface area contributed by atoms with E-state index in [-0.39, 0.29) is 0 Å². The Morgan fingerprint density at radius 3 is 2.45 bits per heavy atom. The molecule has 1 aromatic rings. The maximum Gasteiger partial charge on any atom is 0.0391 e. The van der Waals surface area contributed by atoms with Crippen molar-refractivity contribution in [2.45, 2.75) is 6.92 Å². The Hall–Kier alpha value is -1.44. The lowest BCUT2D eigenvalue weighted by Crippen LogP contribution is -1.95. The van der Waals surface area contributed by atoms with Crippen LogP contribution in [0.3, 0.4) is 0 Å². The maximum atomic E-state index is 5.67. The number of rotatable bonds is 1. The Balaban J connectivity index is 3.31. The standard InChI is InChI=1S/C9H12N2/c1-3-7-5-8(10)6(2)4-9(7)11/h3-5H,1,10-11H2,2H3. The predicted molar refractivity (Wildman–Crippen MR) is 50.1 cm³/mol. The van der Waals surface area contributed by atoms with Crippen LogP contribution in [0.15, 0.2) is 18.7 Å².